The number of rotatable bonds is 8. The van der Waals surface area contributed by atoms with Gasteiger partial charge in [0.2, 0.25) is 5.91 Å². The quantitative estimate of drug-likeness (QED) is 0.696. The maximum Gasteiger partial charge on any atom is 0.307 e. The molecule has 1 aliphatic rings. The van der Waals surface area contributed by atoms with Crippen LogP contribution in [0, 0.1) is 11.8 Å². The maximum atomic E-state index is 12.7. The number of carbonyl (C=O) groups is 2. The van der Waals surface area contributed by atoms with Gasteiger partial charge in [0.25, 0.3) is 0 Å². The highest BCUT2D eigenvalue weighted by Gasteiger charge is 2.35. The third-order valence-corrected chi connectivity index (χ3v) is 3.94. The van der Waals surface area contributed by atoms with Crippen molar-refractivity contribution in [2.24, 2.45) is 11.8 Å². The number of carbonyl (C=O) groups excluding carboxylic acids is 1. The number of nitrogens with zero attached hydrogens (tertiary/aromatic N) is 1. The van der Waals surface area contributed by atoms with Crippen LogP contribution in [0.2, 0.25) is 0 Å². The number of unbranched alkanes of at least 4 members (excludes halogenated alkanes) is 2. The molecule has 1 N–H and O–H groups in total. The summed E-state index contributed by atoms with van der Waals surface area (Å²) in [6, 6.07) is 0. The van der Waals surface area contributed by atoms with E-state index in [4.69, 9.17) is 0 Å². The Morgan fingerprint density at radius 3 is 2.00 bits per heavy atom. The topological polar surface area (TPSA) is 57.6 Å². The molecule has 0 saturated carbocycles. The molecule has 0 spiro atoms. The molecule has 114 valence electrons. The van der Waals surface area contributed by atoms with Crippen LogP contribution in [0.4, 0.5) is 0 Å². The molecule has 0 fully saturated rings. The second kappa shape index (κ2) is 8.77. The van der Waals surface area contributed by atoms with Crippen molar-refractivity contribution in [3.63, 3.8) is 0 Å². The van der Waals surface area contributed by atoms with Crippen LogP contribution in [0.5, 0.6) is 0 Å². The lowest BCUT2D eigenvalue weighted by Gasteiger charge is -2.31. The van der Waals surface area contributed by atoms with Gasteiger partial charge in [0.05, 0.1) is 11.8 Å². The molecule has 0 heterocycles. The first kappa shape index (κ1) is 16.7. The zero-order chi connectivity index (χ0) is 15.0. The van der Waals surface area contributed by atoms with Gasteiger partial charge in [-0.15, -0.1) is 0 Å². The lowest BCUT2D eigenvalue weighted by molar-refractivity contribution is -0.150. The van der Waals surface area contributed by atoms with Crippen molar-refractivity contribution in [1.82, 2.24) is 4.90 Å². The minimum atomic E-state index is -0.848. The van der Waals surface area contributed by atoms with E-state index < -0.39 is 11.9 Å². The summed E-state index contributed by atoms with van der Waals surface area (Å²) < 4.78 is 0. The Bertz CT molecular complexity index is 344. The monoisotopic (exact) mass is 281 g/mol. The highest BCUT2D eigenvalue weighted by Crippen LogP contribution is 2.28. The summed E-state index contributed by atoms with van der Waals surface area (Å²) in [5.41, 5.74) is 0. The van der Waals surface area contributed by atoms with Crippen LogP contribution in [0.1, 0.15) is 52.4 Å². The number of carboxylic acids is 1. The van der Waals surface area contributed by atoms with E-state index in [1.807, 2.05) is 17.1 Å². The second-order valence-electron chi connectivity index (χ2n) is 5.53. The van der Waals surface area contributed by atoms with E-state index in [9.17, 15) is 14.7 Å². The van der Waals surface area contributed by atoms with Crippen molar-refractivity contribution in [3.8, 4) is 0 Å². The summed E-state index contributed by atoms with van der Waals surface area (Å²) in [5.74, 6) is -1.76. The van der Waals surface area contributed by atoms with Gasteiger partial charge in [-0.05, 0) is 25.7 Å². The van der Waals surface area contributed by atoms with E-state index in [1.54, 1.807) is 0 Å². The van der Waals surface area contributed by atoms with Crippen molar-refractivity contribution >= 4 is 11.9 Å². The van der Waals surface area contributed by atoms with E-state index in [0.717, 1.165) is 38.8 Å². The molecule has 1 amide bonds. The number of allylic oxidation sites excluding steroid dienone is 2. The summed E-state index contributed by atoms with van der Waals surface area (Å²) in [7, 11) is 0. The van der Waals surface area contributed by atoms with Crippen molar-refractivity contribution in [2.75, 3.05) is 13.1 Å². The Hall–Kier alpha value is -1.32. The van der Waals surface area contributed by atoms with Crippen LogP contribution in [0.25, 0.3) is 0 Å². The standard InChI is InChI=1S/C16H27NO3/c1-3-5-11-17(12-6-4-2)15(18)13-9-7-8-10-14(13)16(19)20/h7-8,13-14H,3-6,9-12H2,1-2H3,(H,19,20)/t13-,14-/m1/s1. The van der Waals surface area contributed by atoms with Crippen LogP contribution in [0.3, 0.4) is 0 Å². The summed E-state index contributed by atoms with van der Waals surface area (Å²) in [6.45, 7) is 5.71. The Kier molecular flexibility index (Phi) is 7.34. The molecule has 1 rings (SSSR count). The summed E-state index contributed by atoms with van der Waals surface area (Å²) in [4.78, 5) is 25.9. The van der Waals surface area contributed by atoms with E-state index >= 15 is 0 Å². The fourth-order valence-electron chi connectivity index (χ4n) is 2.62. The lowest BCUT2D eigenvalue weighted by atomic mass is 9.82. The van der Waals surface area contributed by atoms with Crippen LogP contribution in [-0.4, -0.2) is 35.0 Å². The van der Waals surface area contributed by atoms with Crippen LogP contribution >= 0.6 is 0 Å². The molecule has 0 radical (unpaired) electrons. The van der Waals surface area contributed by atoms with E-state index in [-0.39, 0.29) is 11.8 Å². The van der Waals surface area contributed by atoms with Gasteiger partial charge in [-0.1, -0.05) is 38.8 Å². The predicted molar refractivity (Wildman–Crippen MR) is 79.4 cm³/mol. The van der Waals surface area contributed by atoms with Gasteiger partial charge in [-0.2, -0.15) is 0 Å². The highest BCUT2D eigenvalue weighted by atomic mass is 16.4. The molecule has 20 heavy (non-hydrogen) atoms. The highest BCUT2D eigenvalue weighted by molar-refractivity contribution is 5.85. The van der Waals surface area contributed by atoms with Gasteiger partial charge in [0, 0.05) is 13.1 Å². The van der Waals surface area contributed by atoms with Crippen molar-refractivity contribution < 1.29 is 14.7 Å². The van der Waals surface area contributed by atoms with Gasteiger partial charge in [-0.3, -0.25) is 9.59 Å². The largest absolute Gasteiger partial charge is 0.481 e. The van der Waals surface area contributed by atoms with Crippen molar-refractivity contribution in [1.29, 1.82) is 0 Å². The summed E-state index contributed by atoms with van der Waals surface area (Å²) >= 11 is 0. The number of amides is 1. The smallest absolute Gasteiger partial charge is 0.307 e. The Labute approximate surface area is 121 Å². The van der Waals surface area contributed by atoms with Gasteiger partial charge in [-0.25, -0.2) is 0 Å². The minimum Gasteiger partial charge on any atom is -0.481 e. The zero-order valence-corrected chi connectivity index (χ0v) is 12.7. The maximum absolute atomic E-state index is 12.7. The van der Waals surface area contributed by atoms with Gasteiger partial charge >= 0.3 is 5.97 Å². The second-order valence-corrected chi connectivity index (χ2v) is 5.53. The van der Waals surface area contributed by atoms with Crippen molar-refractivity contribution in [3.05, 3.63) is 12.2 Å². The molecule has 0 unspecified atom stereocenters. The molecule has 0 aromatic heterocycles. The summed E-state index contributed by atoms with van der Waals surface area (Å²) in [5, 5.41) is 9.29. The molecule has 2 atom stereocenters. The van der Waals surface area contributed by atoms with E-state index in [0.29, 0.717) is 12.8 Å². The Balaban J connectivity index is 2.74. The van der Waals surface area contributed by atoms with Gasteiger partial charge < -0.3 is 10.0 Å². The molecule has 4 heteroatoms. The third kappa shape index (κ3) is 4.66. The molecule has 1 aliphatic carbocycles. The molecule has 4 nitrogen and oxygen atoms in total. The average molecular weight is 281 g/mol. The fourth-order valence-corrected chi connectivity index (χ4v) is 2.62. The number of carboxylic acid groups (broad SMARTS) is 1. The number of hydrogen-bond donors (Lipinski definition) is 1. The minimum absolute atomic E-state index is 0.0312. The van der Waals surface area contributed by atoms with Crippen molar-refractivity contribution in [2.45, 2.75) is 52.4 Å². The predicted octanol–water partition coefficient (Wildman–Crippen LogP) is 3.08. The number of hydrogen-bond acceptors (Lipinski definition) is 2. The molecule has 0 aliphatic heterocycles. The normalized spacial score (nSPS) is 21.7. The van der Waals surface area contributed by atoms with E-state index in [2.05, 4.69) is 13.8 Å². The fraction of sp³-hybridized carbons (Fsp3) is 0.750. The Morgan fingerprint density at radius 2 is 1.55 bits per heavy atom. The summed E-state index contributed by atoms with van der Waals surface area (Å²) in [6.07, 6.45) is 8.91. The first-order chi connectivity index (χ1) is 9.61. The first-order valence-electron chi connectivity index (χ1n) is 7.78. The SMILES string of the molecule is CCCCN(CCCC)C(=O)[C@@H]1CC=CC[C@H]1C(=O)O. The molecular weight excluding hydrogens is 254 g/mol. The molecular formula is C16H27NO3. The zero-order valence-electron chi connectivity index (χ0n) is 12.7. The molecule has 0 aromatic rings. The van der Waals surface area contributed by atoms with Crippen LogP contribution < -0.4 is 0 Å². The molecule has 0 saturated heterocycles. The average Bonchev–Trinajstić information content (AvgIpc) is 2.46. The van der Waals surface area contributed by atoms with Gasteiger partial charge in [0.15, 0.2) is 0 Å². The van der Waals surface area contributed by atoms with Crippen LogP contribution in [0.15, 0.2) is 12.2 Å². The lowest BCUT2D eigenvalue weighted by Crippen LogP contribution is -2.42. The molecule has 0 bridgehead atoms. The van der Waals surface area contributed by atoms with E-state index in [1.165, 1.54) is 0 Å². The first-order valence-corrected chi connectivity index (χ1v) is 7.78. The number of aliphatic carboxylic acids is 1. The molecule has 0 aromatic carbocycles. The van der Waals surface area contributed by atoms with Crippen LogP contribution in [-0.2, 0) is 9.59 Å². The third-order valence-electron chi connectivity index (χ3n) is 3.94. The Morgan fingerprint density at radius 1 is 1.05 bits per heavy atom. The van der Waals surface area contributed by atoms with Gasteiger partial charge in [0.1, 0.15) is 0 Å².